The highest BCUT2D eigenvalue weighted by Crippen LogP contribution is 2.24. The fourth-order valence-corrected chi connectivity index (χ4v) is 3.27. The summed E-state index contributed by atoms with van der Waals surface area (Å²) in [5.74, 6) is 0.379. The van der Waals surface area contributed by atoms with E-state index in [0.717, 1.165) is 19.5 Å². The summed E-state index contributed by atoms with van der Waals surface area (Å²) in [7, 11) is 1.54. The van der Waals surface area contributed by atoms with E-state index in [4.69, 9.17) is 14.6 Å². The van der Waals surface area contributed by atoms with Crippen molar-refractivity contribution in [2.75, 3.05) is 33.4 Å². The minimum absolute atomic E-state index is 0.0940. The van der Waals surface area contributed by atoms with Gasteiger partial charge in [-0.3, -0.25) is 9.69 Å². The Morgan fingerprint density at radius 3 is 3.09 bits per heavy atom. The highest BCUT2D eigenvalue weighted by atomic mass is 16.5. The van der Waals surface area contributed by atoms with Crippen LogP contribution in [0.3, 0.4) is 0 Å². The van der Waals surface area contributed by atoms with E-state index in [2.05, 4.69) is 15.2 Å². The largest absolute Gasteiger partial charge is 0.481 e. The van der Waals surface area contributed by atoms with Gasteiger partial charge in [0.15, 0.2) is 0 Å². The number of aliphatic hydroxyl groups is 1. The summed E-state index contributed by atoms with van der Waals surface area (Å²) in [5, 5.41) is 12.1. The summed E-state index contributed by atoms with van der Waals surface area (Å²) in [6.45, 7) is 2.46. The Hall–Kier alpha value is -1.70. The number of methoxy groups -OCH3 is 1. The second-order valence-electron chi connectivity index (χ2n) is 6.07. The Labute approximate surface area is 135 Å². The molecule has 2 aliphatic heterocycles. The third-order valence-electron chi connectivity index (χ3n) is 4.48. The molecular weight excluding hydrogens is 298 g/mol. The molecule has 0 spiro atoms. The zero-order chi connectivity index (χ0) is 16.2. The Morgan fingerprint density at radius 2 is 2.39 bits per heavy atom. The van der Waals surface area contributed by atoms with E-state index in [1.165, 1.54) is 6.20 Å². The Balaban J connectivity index is 1.54. The van der Waals surface area contributed by atoms with Gasteiger partial charge in [-0.25, -0.2) is 4.98 Å². The van der Waals surface area contributed by atoms with Crippen molar-refractivity contribution in [2.45, 2.75) is 31.0 Å². The number of carbonyl (C=O) groups excluding carboxylic acids is 1. The van der Waals surface area contributed by atoms with Crippen molar-refractivity contribution in [3.8, 4) is 5.88 Å². The molecule has 23 heavy (non-hydrogen) atoms. The van der Waals surface area contributed by atoms with Crippen LogP contribution in [-0.4, -0.2) is 72.5 Å². The monoisotopic (exact) mass is 321 g/mol. The van der Waals surface area contributed by atoms with Crippen LogP contribution in [0.5, 0.6) is 5.88 Å². The standard InChI is InChI=1S/C16H23N3O4/c1-22-15-3-2-11(7-17-15)16(21)18-12-6-13-10-23-14(4-5-20)9-19(13)8-12/h2-3,7,12-14,20H,4-6,8-10H2,1H3,(H,18,21)/t12-,13+,14+/m1/s1. The predicted octanol–water partition coefficient (Wildman–Crippen LogP) is 0.0441. The van der Waals surface area contributed by atoms with Gasteiger partial charge in [-0.05, 0) is 18.9 Å². The number of nitrogens with zero attached hydrogens (tertiary/aromatic N) is 2. The molecule has 2 N–H and O–H groups in total. The van der Waals surface area contributed by atoms with Gasteiger partial charge in [0.2, 0.25) is 5.88 Å². The topological polar surface area (TPSA) is 83.9 Å². The zero-order valence-electron chi connectivity index (χ0n) is 13.3. The minimum Gasteiger partial charge on any atom is -0.481 e. The lowest BCUT2D eigenvalue weighted by Gasteiger charge is -2.34. The maximum Gasteiger partial charge on any atom is 0.253 e. The van der Waals surface area contributed by atoms with Crippen LogP contribution in [0.2, 0.25) is 0 Å². The number of fused-ring (bicyclic) bond motifs is 1. The van der Waals surface area contributed by atoms with Crippen molar-refractivity contribution < 1.29 is 19.4 Å². The third-order valence-corrected chi connectivity index (χ3v) is 4.48. The van der Waals surface area contributed by atoms with Crippen molar-refractivity contribution in [3.63, 3.8) is 0 Å². The first kappa shape index (κ1) is 16.2. The molecule has 0 aromatic carbocycles. The second-order valence-corrected chi connectivity index (χ2v) is 6.07. The molecular formula is C16H23N3O4. The van der Waals surface area contributed by atoms with Gasteiger partial charge in [0.05, 0.1) is 25.4 Å². The number of morpholine rings is 1. The van der Waals surface area contributed by atoms with E-state index in [9.17, 15) is 4.79 Å². The Morgan fingerprint density at radius 1 is 1.52 bits per heavy atom. The number of hydrogen-bond acceptors (Lipinski definition) is 6. The molecule has 0 aliphatic carbocycles. The molecule has 0 unspecified atom stereocenters. The molecule has 7 nitrogen and oxygen atoms in total. The summed E-state index contributed by atoms with van der Waals surface area (Å²) in [4.78, 5) is 18.7. The molecule has 2 aliphatic rings. The molecule has 3 rings (SSSR count). The molecule has 2 saturated heterocycles. The lowest BCUT2D eigenvalue weighted by molar-refractivity contribution is -0.0566. The number of aromatic nitrogens is 1. The van der Waals surface area contributed by atoms with E-state index in [1.807, 2.05) is 0 Å². The van der Waals surface area contributed by atoms with Crippen molar-refractivity contribution in [3.05, 3.63) is 23.9 Å². The number of nitrogens with one attached hydrogen (secondary N) is 1. The maximum absolute atomic E-state index is 12.3. The smallest absolute Gasteiger partial charge is 0.253 e. The summed E-state index contributed by atoms with van der Waals surface area (Å²) < 4.78 is 10.8. The van der Waals surface area contributed by atoms with Gasteiger partial charge >= 0.3 is 0 Å². The molecule has 3 atom stereocenters. The summed E-state index contributed by atoms with van der Waals surface area (Å²) >= 11 is 0. The molecule has 1 aromatic heterocycles. The number of pyridine rings is 1. The van der Waals surface area contributed by atoms with Crippen LogP contribution in [0.15, 0.2) is 18.3 Å². The third kappa shape index (κ3) is 3.80. The number of rotatable bonds is 5. The van der Waals surface area contributed by atoms with Crippen LogP contribution in [-0.2, 0) is 4.74 Å². The number of hydrogen-bond donors (Lipinski definition) is 2. The van der Waals surface area contributed by atoms with Crippen LogP contribution >= 0.6 is 0 Å². The molecule has 0 bridgehead atoms. The summed E-state index contributed by atoms with van der Waals surface area (Å²) in [5.41, 5.74) is 0.532. The van der Waals surface area contributed by atoms with Gasteiger partial charge in [0, 0.05) is 44.0 Å². The van der Waals surface area contributed by atoms with E-state index in [-0.39, 0.29) is 24.7 Å². The lowest BCUT2D eigenvalue weighted by atomic mass is 10.1. The highest BCUT2D eigenvalue weighted by molar-refractivity contribution is 5.94. The van der Waals surface area contributed by atoms with Gasteiger partial charge < -0.3 is 19.9 Å². The van der Waals surface area contributed by atoms with Gasteiger partial charge in [0.1, 0.15) is 0 Å². The molecule has 2 fully saturated rings. The molecule has 0 saturated carbocycles. The normalized spacial score (nSPS) is 27.5. The number of amides is 1. The maximum atomic E-state index is 12.3. The van der Waals surface area contributed by atoms with Gasteiger partial charge in [-0.1, -0.05) is 0 Å². The lowest BCUT2D eigenvalue weighted by Crippen LogP contribution is -2.46. The van der Waals surface area contributed by atoms with E-state index >= 15 is 0 Å². The SMILES string of the molecule is COc1ccc(C(=O)N[C@@H]2C[C@H]3CO[C@@H](CCO)CN3C2)cn1. The summed E-state index contributed by atoms with van der Waals surface area (Å²) in [6, 6.07) is 3.86. The Kier molecular flexibility index (Phi) is 5.09. The van der Waals surface area contributed by atoms with Crippen molar-refractivity contribution >= 4 is 5.91 Å². The first-order chi connectivity index (χ1) is 11.2. The van der Waals surface area contributed by atoms with Crippen molar-refractivity contribution in [1.29, 1.82) is 0 Å². The quantitative estimate of drug-likeness (QED) is 0.797. The fraction of sp³-hybridized carbons (Fsp3) is 0.625. The van der Waals surface area contributed by atoms with Crippen LogP contribution in [0.25, 0.3) is 0 Å². The average Bonchev–Trinajstić information content (AvgIpc) is 2.96. The minimum atomic E-state index is -0.113. The first-order valence-electron chi connectivity index (χ1n) is 7.97. The summed E-state index contributed by atoms with van der Waals surface area (Å²) in [6.07, 6.45) is 3.17. The number of aliphatic hydroxyl groups excluding tert-OH is 1. The van der Waals surface area contributed by atoms with Crippen LogP contribution < -0.4 is 10.1 Å². The Bertz CT molecular complexity index is 537. The molecule has 0 radical (unpaired) electrons. The predicted molar refractivity (Wildman–Crippen MR) is 83.5 cm³/mol. The second kappa shape index (κ2) is 7.25. The van der Waals surface area contributed by atoms with Crippen molar-refractivity contribution in [2.24, 2.45) is 0 Å². The number of ether oxygens (including phenoxy) is 2. The van der Waals surface area contributed by atoms with Gasteiger partial charge in [-0.2, -0.15) is 0 Å². The number of carbonyl (C=O) groups is 1. The molecule has 126 valence electrons. The molecule has 3 heterocycles. The zero-order valence-corrected chi connectivity index (χ0v) is 13.3. The van der Waals surface area contributed by atoms with Gasteiger partial charge in [0.25, 0.3) is 5.91 Å². The molecule has 7 heteroatoms. The van der Waals surface area contributed by atoms with E-state index < -0.39 is 0 Å². The van der Waals surface area contributed by atoms with Crippen LogP contribution in [0.4, 0.5) is 0 Å². The van der Waals surface area contributed by atoms with E-state index in [0.29, 0.717) is 30.5 Å². The van der Waals surface area contributed by atoms with Gasteiger partial charge in [-0.15, -0.1) is 0 Å². The highest BCUT2D eigenvalue weighted by Gasteiger charge is 2.37. The van der Waals surface area contributed by atoms with Crippen LogP contribution in [0.1, 0.15) is 23.2 Å². The van der Waals surface area contributed by atoms with Crippen LogP contribution in [0, 0.1) is 0 Å². The average molecular weight is 321 g/mol. The molecule has 1 aromatic rings. The van der Waals surface area contributed by atoms with Crippen molar-refractivity contribution in [1.82, 2.24) is 15.2 Å². The van der Waals surface area contributed by atoms with E-state index in [1.54, 1.807) is 19.2 Å². The molecule has 1 amide bonds. The fourth-order valence-electron chi connectivity index (χ4n) is 3.27. The first-order valence-corrected chi connectivity index (χ1v) is 7.97.